The second-order valence-electron chi connectivity index (χ2n) is 3.51. The summed E-state index contributed by atoms with van der Waals surface area (Å²) >= 11 is 13.1. The number of rotatable bonds is 5. The number of carbonyl (C=O) groups is 1. The SMILES string of the molecule is C[C@@H](CO)NC(=O)CSc1cc(Cl)ccc1Cl. The highest BCUT2D eigenvalue weighted by molar-refractivity contribution is 8.00. The molecule has 1 amide bonds. The van der Waals surface area contributed by atoms with Gasteiger partial charge in [0.1, 0.15) is 0 Å². The smallest absolute Gasteiger partial charge is 0.230 e. The largest absolute Gasteiger partial charge is 0.394 e. The van der Waals surface area contributed by atoms with Crippen LogP contribution in [0.2, 0.25) is 10.0 Å². The zero-order valence-electron chi connectivity index (χ0n) is 9.24. The molecule has 0 radical (unpaired) electrons. The molecule has 0 fully saturated rings. The van der Waals surface area contributed by atoms with Gasteiger partial charge in [-0.25, -0.2) is 0 Å². The Bertz CT molecular complexity index is 401. The van der Waals surface area contributed by atoms with Gasteiger partial charge in [-0.1, -0.05) is 23.2 Å². The molecule has 6 heteroatoms. The summed E-state index contributed by atoms with van der Waals surface area (Å²) in [5.74, 6) is 0.0947. The van der Waals surface area contributed by atoms with Crippen molar-refractivity contribution in [1.82, 2.24) is 5.32 Å². The highest BCUT2D eigenvalue weighted by Crippen LogP contribution is 2.29. The first kappa shape index (κ1) is 14.6. The van der Waals surface area contributed by atoms with E-state index in [0.29, 0.717) is 10.0 Å². The van der Waals surface area contributed by atoms with Gasteiger partial charge >= 0.3 is 0 Å². The zero-order valence-corrected chi connectivity index (χ0v) is 11.6. The third-order valence-electron chi connectivity index (χ3n) is 1.93. The van der Waals surface area contributed by atoms with Crippen LogP contribution in [-0.4, -0.2) is 29.4 Å². The number of benzene rings is 1. The molecule has 3 nitrogen and oxygen atoms in total. The number of aliphatic hydroxyl groups is 1. The van der Waals surface area contributed by atoms with E-state index in [1.807, 2.05) is 0 Å². The zero-order chi connectivity index (χ0) is 12.8. The first-order valence-electron chi connectivity index (χ1n) is 5.01. The fraction of sp³-hybridized carbons (Fsp3) is 0.364. The average Bonchev–Trinajstić information content (AvgIpc) is 2.30. The molecule has 0 spiro atoms. The molecule has 1 rings (SSSR count). The first-order chi connectivity index (χ1) is 8.02. The molecule has 2 N–H and O–H groups in total. The van der Waals surface area contributed by atoms with Crippen LogP contribution in [0, 0.1) is 0 Å². The number of hydrogen-bond donors (Lipinski definition) is 2. The lowest BCUT2D eigenvalue weighted by molar-refractivity contribution is -0.119. The van der Waals surface area contributed by atoms with E-state index in [0.717, 1.165) is 4.90 Å². The van der Waals surface area contributed by atoms with Gasteiger partial charge in [0.05, 0.1) is 17.4 Å². The lowest BCUT2D eigenvalue weighted by atomic mass is 10.4. The van der Waals surface area contributed by atoms with Gasteiger partial charge in [0.25, 0.3) is 0 Å². The number of carbonyl (C=O) groups excluding carboxylic acids is 1. The number of halogens is 2. The molecule has 1 aromatic carbocycles. The van der Waals surface area contributed by atoms with Crippen LogP contribution >= 0.6 is 35.0 Å². The summed E-state index contributed by atoms with van der Waals surface area (Å²) in [6.45, 7) is 1.66. The summed E-state index contributed by atoms with van der Waals surface area (Å²) in [5.41, 5.74) is 0. The fourth-order valence-electron chi connectivity index (χ4n) is 1.09. The topological polar surface area (TPSA) is 49.3 Å². The lowest BCUT2D eigenvalue weighted by Gasteiger charge is -2.10. The van der Waals surface area contributed by atoms with Crippen molar-refractivity contribution >= 4 is 40.9 Å². The van der Waals surface area contributed by atoms with Crippen molar-refractivity contribution in [3.63, 3.8) is 0 Å². The monoisotopic (exact) mass is 293 g/mol. The summed E-state index contributed by atoms with van der Waals surface area (Å²) in [4.78, 5) is 12.2. The standard InChI is InChI=1S/C11H13Cl2NO2S/c1-7(5-15)14-11(16)6-17-10-4-8(12)2-3-9(10)13/h2-4,7,15H,5-6H2,1H3,(H,14,16)/t7-/m0/s1. The molecule has 94 valence electrons. The summed E-state index contributed by atoms with van der Waals surface area (Å²) < 4.78 is 0. The minimum atomic E-state index is -0.238. The minimum Gasteiger partial charge on any atom is -0.394 e. The maximum absolute atomic E-state index is 11.5. The van der Waals surface area contributed by atoms with Crippen LogP contribution in [-0.2, 0) is 4.79 Å². The van der Waals surface area contributed by atoms with Crippen molar-refractivity contribution in [2.45, 2.75) is 17.9 Å². The van der Waals surface area contributed by atoms with Crippen LogP contribution in [0.5, 0.6) is 0 Å². The van der Waals surface area contributed by atoms with Crippen LogP contribution in [0.1, 0.15) is 6.92 Å². The van der Waals surface area contributed by atoms with E-state index < -0.39 is 0 Å². The summed E-state index contributed by atoms with van der Waals surface area (Å²) in [5, 5.41) is 12.6. The van der Waals surface area contributed by atoms with Gasteiger partial charge in [-0.2, -0.15) is 0 Å². The quantitative estimate of drug-likeness (QED) is 0.821. The Morgan fingerprint density at radius 2 is 2.24 bits per heavy atom. The number of amides is 1. The maximum Gasteiger partial charge on any atom is 0.230 e. The summed E-state index contributed by atoms with van der Waals surface area (Å²) in [6.07, 6.45) is 0. The van der Waals surface area contributed by atoms with E-state index in [-0.39, 0.29) is 24.3 Å². The van der Waals surface area contributed by atoms with Gasteiger partial charge in [-0.15, -0.1) is 11.8 Å². The highest BCUT2D eigenvalue weighted by Gasteiger charge is 2.08. The Morgan fingerprint density at radius 3 is 2.88 bits per heavy atom. The number of hydrogen-bond acceptors (Lipinski definition) is 3. The molecule has 0 heterocycles. The third kappa shape index (κ3) is 5.17. The van der Waals surface area contributed by atoms with Crippen molar-refractivity contribution < 1.29 is 9.90 Å². The summed E-state index contributed by atoms with van der Waals surface area (Å²) in [6, 6.07) is 4.87. The molecule has 0 aliphatic heterocycles. The predicted octanol–water partition coefficient (Wildman–Crippen LogP) is 2.58. The van der Waals surface area contributed by atoms with E-state index in [4.69, 9.17) is 28.3 Å². The molecule has 1 aromatic rings. The van der Waals surface area contributed by atoms with Crippen LogP contribution in [0.15, 0.2) is 23.1 Å². The normalized spacial score (nSPS) is 12.2. The molecular weight excluding hydrogens is 281 g/mol. The first-order valence-corrected chi connectivity index (χ1v) is 6.75. The maximum atomic E-state index is 11.5. The van der Waals surface area contributed by atoms with Gasteiger partial charge in [-0.05, 0) is 25.1 Å². The van der Waals surface area contributed by atoms with E-state index in [1.54, 1.807) is 25.1 Å². The molecule has 17 heavy (non-hydrogen) atoms. The van der Waals surface area contributed by atoms with Gasteiger partial charge in [0.15, 0.2) is 0 Å². The van der Waals surface area contributed by atoms with Crippen molar-refractivity contribution in [1.29, 1.82) is 0 Å². The second kappa shape index (κ2) is 7.11. The van der Waals surface area contributed by atoms with Crippen LogP contribution in [0.4, 0.5) is 0 Å². The minimum absolute atomic E-state index is 0.0751. The fourth-order valence-corrected chi connectivity index (χ4v) is 2.40. The molecule has 0 unspecified atom stereocenters. The van der Waals surface area contributed by atoms with Gasteiger partial charge in [-0.3, -0.25) is 4.79 Å². The van der Waals surface area contributed by atoms with Gasteiger partial charge in [0, 0.05) is 16.0 Å². The molecule has 0 saturated heterocycles. The Balaban J connectivity index is 2.50. The van der Waals surface area contributed by atoms with E-state index in [2.05, 4.69) is 5.32 Å². The third-order valence-corrected chi connectivity index (χ3v) is 3.67. The molecule has 0 aliphatic carbocycles. The average molecular weight is 294 g/mol. The van der Waals surface area contributed by atoms with Crippen molar-refractivity contribution in [2.24, 2.45) is 0 Å². The van der Waals surface area contributed by atoms with Crippen LogP contribution in [0.25, 0.3) is 0 Å². The van der Waals surface area contributed by atoms with Crippen molar-refractivity contribution in [3.8, 4) is 0 Å². The second-order valence-corrected chi connectivity index (χ2v) is 5.38. The van der Waals surface area contributed by atoms with E-state index in [9.17, 15) is 4.79 Å². The Morgan fingerprint density at radius 1 is 1.53 bits per heavy atom. The van der Waals surface area contributed by atoms with Gasteiger partial charge in [0.2, 0.25) is 5.91 Å². The van der Waals surface area contributed by atoms with Gasteiger partial charge < -0.3 is 10.4 Å². The molecule has 0 saturated carbocycles. The Labute approximate surface area is 114 Å². The molecule has 0 bridgehead atoms. The van der Waals surface area contributed by atoms with E-state index in [1.165, 1.54) is 11.8 Å². The Hall–Kier alpha value is -0.420. The predicted molar refractivity (Wildman–Crippen MR) is 71.9 cm³/mol. The molecule has 0 aliphatic rings. The number of aliphatic hydroxyl groups excluding tert-OH is 1. The van der Waals surface area contributed by atoms with Crippen LogP contribution < -0.4 is 5.32 Å². The number of thioether (sulfide) groups is 1. The van der Waals surface area contributed by atoms with Crippen LogP contribution in [0.3, 0.4) is 0 Å². The highest BCUT2D eigenvalue weighted by atomic mass is 35.5. The summed E-state index contributed by atoms with van der Waals surface area (Å²) in [7, 11) is 0. The molecule has 0 aromatic heterocycles. The molecule has 1 atom stereocenters. The number of nitrogens with one attached hydrogen (secondary N) is 1. The van der Waals surface area contributed by atoms with Crippen molar-refractivity contribution in [3.05, 3.63) is 28.2 Å². The Kier molecular flexibility index (Phi) is 6.12. The van der Waals surface area contributed by atoms with Crippen molar-refractivity contribution in [2.75, 3.05) is 12.4 Å². The lowest BCUT2D eigenvalue weighted by Crippen LogP contribution is -2.36. The molecular formula is C11H13Cl2NO2S. The van der Waals surface area contributed by atoms with E-state index >= 15 is 0 Å².